The van der Waals surface area contributed by atoms with Crippen LogP contribution in [0.25, 0.3) is 22.2 Å². The van der Waals surface area contributed by atoms with Gasteiger partial charge in [-0.1, -0.05) is 66.5 Å². The molecule has 0 aliphatic heterocycles. The van der Waals surface area contributed by atoms with Gasteiger partial charge in [0.15, 0.2) is 6.61 Å². The lowest BCUT2D eigenvalue weighted by Gasteiger charge is -2.12. The predicted molar refractivity (Wildman–Crippen MR) is 132 cm³/mol. The monoisotopic (exact) mass is 478 g/mol. The first-order valence-electron chi connectivity index (χ1n) is 10.4. The summed E-state index contributed by atoms with van der Waals surface area (Å²) in [6.07, 6.45) is 0.773. The molecule has 1 amide bonds. The summed E-state index contributed by atoms with van der Waals surface area (Å²) >= 11 is 12.4. The maximum Gasteiger partial charge on any atom is 0.339 e. The molecule has 0 saturated carbocycles. The molecular weight excluding hydrogens is 459 g/mol. The van der Waals surface area contributed by atoms with Crippen LogP contribution in [-0.4, -0.2) is 23.5 Å². The van der Waals surface area contributed by atoms with E-state index < -0.39 is 18.5 Å². The van der Waals surface area contributed by atoms with Crippen LogP contribution in [0.4, 0.5) is 5.69 Å². The number of hydrogen-bond donors (Lipinski definition) is 1. The van der Waals surface area contributed by atoms with Crippen molar-refractivity contribution in [3.63, 3.8) is 0 Å². The molecule has 3 aromatic carbocycles. The van der Waals surface area contributed by atoms with Gasteiger partial charge in [-0.25, -0.2) is 9.78 Å². The number of rotatable bonds is 6. The lowest BCUT2D eigenvalue weighted by Crippen LogP contribution is -2.21. The minimum absolute atomic E-state index is 0.295. The van der Waals surface area contributed by atoms with Gasteiger partial charge in [0.1, 0.15) is 0 Å². The SMILES string of the molecule is CCc1ccccc1NC(=O)COC(=O)c1cc(-c2ccc(Cl)cc2Cl)nc2ccccc12. The standard InChI is InChI=1S/C26H20Cl2N2O3/c1-2-16-7-3-5-9-22(16)30-25(31)15-33-26(32)20-14-24(19-12-11-17(27)13-21(19)28)29-23-10-6-4-8-18(20)23/h3-14H,2,15H2,1H3,(H,30,31). The Morgan fingerprint density at radius 2 is 1.73 bits per heavy atom. The molecule has 1 N–H and O–H groups in total. The van der Waals surface area contributed by atoms with Crippen LogP contribution in [0.3, 0.4) is 0 Å². The third-order valence-electron chi connectivity index (χ3n) is 5.15. The summed E-state index contributed by atoms with van der Waals surface area (Å²) in [6.45, 7) is 1.59. The van der Waals surface area contributed by atoms with Crippen molar-refractivity contribution in [3.05, 3.63) is 94.0 Å². The fourth-order valence-electron chi connectivity index (χ4n) is 3.53. The molecule has 0 spiro atoms. The second-order valence-electron chi connectivity index (χ2n) is 7.33. The van der Waals surface area contributed by atoms with E-state index in [2.05, 4.69) is 10.3 Å². The van der Waals surface area contributed by atoms with Crippen LogP contribution in [-0.2, 0) is 16.0 Å². The van der Waals surface area contributed by atoms with Crippen molar-refractivity contribution in [1.82, 2.24) is 4.98 Å². The van der Waals surface area contributed by atoms with Gasteiger partial charge in [-0.2, -0.15) is 0 Å². The largest absolute Gasteiger partial charge is 0.452 e. The van der Waals surface area contributed by atoms with Crippen LogP contribution in [0.15, 0.2) is 72.8 Å². The van der Waals surface area contributed by atoms with Gasteiger partial charge in [0, 0.05) is 21.7 Å². The number of aryl methyl sites for hydroxylation is 1. The molecule has 166 valence electrons. The smallest absolute Gasteiger partial charge is 0.339 e. The third kappa shape index (κ3) is 5.16. The maximum absolute atomic E-state index is 13.0. The van der Waals surface area contributed by atoms with Gasteiger partial charge >= 0.3 is 5.97 Å². The van der Waals surface area contributed by atoms with Crippen molar-refractivity contribution in [3.8, 4) is 11.3 Å². The zero-order chi connectivity index (χ0) is 23.4. The minimum atomic E-state index is -0.626. The molecule has 0 aliphatic carbocycles. The van der Waals surface area contributed by atoms with E-state index >= 15 is 0 Å². The van der Waals surface area contributed by atoms with Gasteiger partial charge in [-0.3, -0.25) is 4.79 Å². The number of aromatic nitrogens is 1. The molecule has 5 nitrogen and oxygen atoms in total. The number of nitrogens with one attached hydrogen (secondary N) is 1. The van der Waals surface area contributed by atoms with E-state index in [4.69, 9.17) is 27.9 Å². The number of nitrogens with zero attached hydrogens (tertiary/aromatic N) is 1. The van der Waals surface area contributed by atoms with Crippen LogP contribution in [0.2, 0.25) is 10.0 Å². The van der Waals surface area contributed by atoms with Crippen molar-refractivity contribution >= 4 is 51.7 Å². The van der Waals surface area contributed by atoms with E-state index in [0.717, 1.165) is 12.0 Å². The Morgan fingerprint density at radius 1 is 0.970 bits per heavy atom. The molecule has 0 unspecified atom stereocenters. The number of amides is 1. The van der Waals surface area contributed by atoms with Crippen LogP contribution in [0.1, 0.15) is 22.8 Å². The first-order valence-corrected chi connectivity index (χ1v) is 11.1. The minimum Gasteiger partial charge on any atom is -0.452 e. The van der Waals surface area contributed by atoms with Gasteiger partial charge in [-0.05, 0) is 48.4 Å². The highest BCUT2D eigenvalue weighted by Crippen LogP contribution is 2.32. The summed E-state index contributed by atoms with van der Waals surface area (Å²) in [5.74, 6) is -1.04. The quantitative estimate of drug-likeness (QED) is 0.318. The molecule has 1 aromatic heterocycles. The first kappa shape index (κ1) is 22.8. The summed E-state index contributed by atoms with van der Waals surface area (Å²) in [7, 11) is 0. The highest BCUT2D eigenvalue weighted by atomic mass is 35.5. The Hall–Kier alpha value is -3.41. The highest BCUT2D eigenvalue weighted by molar-refractivity contribution is 6.36. The Morgan fingerprint density at radius 3 is 2.52 bits per heavy atom. The zero-order valence-electron chi connectivity index (χ0n) is 17.8. The van der Waals surface area contributed by atoms with E-state index in [0.29, 0.717) is 43.5 Å². The maximum atomic E-state index is 13.0. The van der Waals surface area contributed by atoms with Gasteiger partial charge in [0.2, 0.25) is 0 Å². The van der Waals surface area contributed by atoms with Crippen molar-refractivity contribution in [2.24, 2.45) is 0 Å². The number of benzene rings is 3. The number of para-hydroxylation sites is 2. The topological polar surface area (TPSA) is 68.3 Å². The summed E-state index contributed by atoms with van der Waals surface area (Å²) in [4.78, 5) is 30.0. The first-order chi connectivity index (χ1) is 16.0. The molecule has 0 bridgehead atoms. The Kier molecular flexibility index (Phi) is 6.92. The summed E-state index contributed by atoms with van der Waals surface area (Å²) < 4.78 is 5.35. The summed E-state index contributed by atoms with van der Waals surface area (Å²) in [5.41, 5.74) is 3.74. The van der Waals surface area contributed by atoms with Crippen molar-refractivity contribution in [2.45, 2.75) is 13.3 Å². The summed E-state index contributed by atoms with van der Waals surface area (Å²) in [6, 6.07) is 21.4. The lowest BCUT2D eigenvalue weighted by atomic mass is 10.0. The van der Waals surface area contributed by atoms with E-state index in [9.17, 15) is 9.59 Å². The molecule has 1 heterocycles. The second-order valence-corrected chi connectivity index (χ2v) is 8.18. The van der Waals surface area contributed by atoms with Crippen LogP contribution >= 0.6 is 23.2 Å². The molecule has 0 fully saturated rings. The molecule has 33 heavy (non-hydrogen) atoms. The molecule has 0 radical (unpaired) electrons. The van der Waals surface area contributed by atoms with Gasteiger partial charge in [0.05, 0.1) is 21.8 Å². The molecule has 0 aliphatic rings. The van der Waals surface area contributed by atoms with Crippen LogP contribution < -0.4 is 5.32 Å². The van der Waals surface area contributed by atoms with Gasteiger partial charge in [0.25, 0.3) is 5.91 Å². The Balaban J connectivity index is 1.59. The highest BCUT2D eigenvalue weighted by Gasteiger charge is 2.18. The van der Waals surface area contributed by atoms with Gasteiger partial charge in [-0.15, -0.1) is 0 Å². The number of hydrogen-bond acceptors (Lipinski definition) is 4. The number of halogens is 2. The molecule has 4 aromatic rings. The zero-order valence-corrected chi connectivity index (χ0v) is 19.3. The van der Waals surface area contributed by atoms with E-state index in [-0.39, 0.29) is 0 Å². The van der Waals surface area contributed by atoms with Crippen molar-refractivity contribution < 1.29 is 14.3 Å². The van der Waals surface area contributed by atoms with E-state index in [1.165, 1.54) is 0 Å². The molecule has 7 heteroatoms. The number of carbonyl (C=O) groups excluding carboxylic acids is 2. The van der Waals surface area contributed by atoms with E-state index in [1.54, 1.807) is 36.4 Å². The molecule has 0 atom stereocenters. The second kappa shape index (κ2) is 10.0. The Labute approximate surface area is 201 Å². The van der Waals surface area contributed by atoms with Crippen LogP contribution in [0, 0.1) is 0 Å². The summed E-state index contributed by atoms with van der Waals surface area (Å²) in [5, 5.41) is 4.33. The van der Waals surface area contributed by atoms with Crippen molar-refractivity contribution in [2.75, 3.05) is 11.9 Å². The molecular formula is C26H20Cl2N2O3. The number of pyridine rings is 1. The number of anilines is 1. The average molecular weight is 479 g/mol. The predicted octanol–water partition coefficient (Wildman–Crippen LogP) is 6.57. The number of ether oxygens (including phenoxy) is 1. The van der Waals surface area contributed by atoms with Crippen LogP contribution in [0.5, 0.6) is 0 Å². The lowest BCUT2D eigenvalue weighted by molar-refractivity contribution is -0.119. The van der Waals surface area contributed by atoms with Gasteiger partial charge < -0.3 is 10.1 Å². The molecule has 4 rings (SSSR count). The number of carbonyl (C=O) groups is 2. The molecule has 0 saturated heterocycles. The fourth-order valence-corrected chi connectivity index (χ4v) is 4.03. The Bertz CT molecular complexity index is 1350. The fraction of sp³-hybridized carbons (Fsp3) is 0.115. The average Bonchev–Trinajstić information content (AvgIpc) is 2.82. The number of fused-ring (bicyclic) bond motifs is 1. The normalized spacial score (nSPS) is 10.8. The number of esters is 1. The van der Waals surface area contributed by atoms with Crippen molar-refractivity contribution in [1.29, 1.82) is 0 Å². The third-order valence-corrected chi connectivity index (χ3v) is 5.70. The van der Waals surface area contributed by atoms with E-state index in [1.807, 2.05) is 43.3 Å².